The van der Waals surface area contributed by atoms with Crippen LogP contribution in [0.1, 0.15) is 17.2 Å². The quantitative estimate of drug-likeness (QED) is 0.243. The Morgan fingerprint density at radius 3 is 2.40 bits per heavy atom. The molecule has 1 aliphatic heterocycles. The number of anilines is 2. The first-order valence-corrected chi connectivity index (χ1v) is 14.7. The first-order chi connectivity index (χ1) is 22.0. The van der Waals surface area contributed by atoms with Crippen LogP contribution in [-0.2, 0) is 27.4 Å². The van der Waals surface area contributed by atoms with Crippen molar-refractivity contribution in [3.05, 3.63) is 114 Å². The van der Waals surface area contributed by atoms with Gasteiger partial charge in [-0.3, -0.25) is 9.59 Å². The first-order valence-electron chi connectivity index (χ1n) is 14.7. The molecular weight excluding hydrogens is 575 g/mol. The zero-order valence-electron chi connectivity index (χ0n) is 24.8. The lowest BCUT2D eigenvalue weighted by atomic mass is 10.0. The summed E-state index contributed by atoms with van der Waals surface area (Å²) in [6.07, 6.45) is 0. The van der Waals surface area contributed by atoms with Crippen molar-refractivity contribution in [2.75, 3.05) is 43.6 Å². The maximum absolute atomic E-state index is 15.0. The Morgan fingerprint density at radius 1 is 0.956 bits per heavy atom. The molecule has 0 radical (unpaired) electrons. The molecule has 1 saturated heterocycles. The summed E-state index contributed by atoms with van der Waals surface area (Å²) < 4.78 is 27.3. The summed E-state index contributed by atoms with van der Waals surface area (Å²) in [5, 5.41) is 11.3. The number of rotatable bonds is 10. The number of carbonyl (C=O) groups excluding carboxylic acids is 2. The van der Waals surface area contributed by atoms with E-state index in [0.29, 0.717) is 41.2 Å². The van der Waals surface area contributed by atoms with E-state index in [1.807, 2.05) is 42.5 Å². The van der Waals surface area contributed by atoms with Crippen LogP contribution in [0.5, 0.6) is 5.75 Å². The number of aromatic nitrogens is 3. The highest BCUT2D eigenvalue weighted by Crippen LogP contribution is 2.29. The molecule has 2 amide bonds. The SMILES string of the molecule is COc1ccc(C(C(=O)Nc2ccc(N3CCOCC3)cc2)N(Cc2ccccc2F)C(=O)Cn2nnc3ccccc32)cc1. The predicted molar refractivity (Wildman–Crippen MR) is 168 cm³/mol. The molecule has 45 heavy (non-hydrogen) atoms. The Bertz CT molecular complexity index is 1770. The number of nitrogens with one attached hydrogen (secondary N) is 1. The van der Waals surface area contributed by atoms with Crippen molar-refractivity contribution in [3.63, 3.8) is 0 Å². The third-order valence-corrected chi connectivity index (χ3v) is 7.83. The van der Waals surface area contributed by atoms with E-state index >= 15 is 4.39 Å². The average Bonchev–Trinajstić information content (AvgIpc) is 3.49. The summed E-state index contributed by atoms with van der Waals surface area (Å²) in [6, 6.07) is 26.9. The molecule has 1 aliphatic rings. The van der Waals surface area contributed by atoms with Crippen LogP contribution in [0.4, 0.5) is 15.8 Å². The van der Waals surface area contributed by atoms with Gasteiger partial charge in [0, 0.05) is 36.6 Å². The van der Waals surface area contributed by atoms with Crippen molar-refractivity contribution in [2.24, 2.45) is 0 Å². The van der Waals surface area contributed by atoms with E-state index < -0.39 is 23.7 Å². The van der Waals surface area contributed by atoms with Gasteiger partial charge in [-0.1, -0.05) is 47.7 Å². The van der Waals surface area contributed by atoms with Crippen molar-refractivity contribution in [1.29, 1.82) is 0 Å². The van der Waals surface area contributed by atoms with E-state index in [1.165, 1.54) is 15.6 Å². The van der Waals surface area contributed by atoms with Crippen molar-refractivity contribution in [2.45, 2.75) is 19.1 Å². The number of hydrogen-bond acceptors (Lipinski definition) is 7. The fourth-order valence-corrected chi connectivity index (χ4v) is 5.43. The van der Waals surface area contributed by atoms with Crippen LogP contribution in [0.3, 0.4) is 0 Å². The normalized spacial score (nSPS) is 13.8. The van der Waals surface area contributed by atoms with Gasteiger partial charge in [-0.2, -0.15) is 0 Å². The summed E-state index contributed by atoms with van der Waals surface area (Å²) in [7, 11) is 1.55. The number of hydrogen-bond donors (Lipinski definition) is 1. The molecule has 1 fully saturated rings. The molecule has 5 aromatic rings. The van der Waals surface area contributed by atoms with Gasteiger partial charge in [0.1, 0.15) is 29.7 Å². The van der Waals surface area contributed by atoms with Gasteiger partial charge < -0.3 is 24.6 Å². The van der Waals surface area contributed by atoms with Gasteiger partial charge >= 0.3 is 0 Å². The summed E-state index contributed by atoms with van der Waals surface area (Å²) in [5.74, 6) is -0.772. The first kappa shape index (κ1) is 29.8. The Balaban J connectivity index is 1.35. The lowest BCUT2D eigenvalue weighted by molar-refractivity contribution is -0.140. The van der Waals surface area contributed by atoms with Gasteiger partial charge in [-0.15, -0.1) is 5.10 Å². The second kappa shape index (κ2) is 13.6. The molecule has 230 valence electrons. The molecule has 6 rings (SSSR count). The molecule has 0 saturated carbocycles. The Labute approximate surface area is 260 Å². The minimum atomic E-state index is -1.11. The predicted octanol–water partition coefficient (Wildman–Crippen LogP) is 4.82. The van der Waals surface area contributed by atoms with E-state index in [4.69, 9.17) is 9.47 Å². The molecule has 11 heteroatoms. The summed E-state index contributed by atoms with van der Waals surface area (Å²) in [4.78, 5) is 32.0. The monoisotopic (exact) mass is 608 g/mol. The van der Waals surface area contributed by atoms with E-state index in [2.05, 4.69) is 20.5 Å². The van der Waals surface area contributed by atoms with Crippen molar-refractivity contribution in [1.82, 2.24) is 19.9 Å². The molecule has 0 spiro atoms. The zero-order chi connectivity index (χ0) is 31.2. The highest BCUT2D eigenvalue weighted by molar-refractivity contribution is 5.98. The molecule has 1 aromatic heterocycles. The number of morpholine rings is 1. The number of para-hydroxylation sites is 1. The molecule has 1 N–H and O–H groups in total. The van der Waals surface area contributed by atoms with Gasteiger partial charge in [0.05, 0.1) is 25.8 Å². The van der Waals surface area contributed by atoms with E-state index in [-0.39, 0.29) is 18.7 Å². The highest BCUT2D eigenvalue weighted by Gasteiger charge is 2.33. The van der Waals surface area contributed by atoms with Gasteiger partial charge in [0.25, 0.3) is 5.91 Å². The smallest absolute Gasteiger partial charge is 0.251 e. The molecule has 1 unspecified atom stereocenters. The topological polar surface area (TPSA) is 102 Å². The zero-order valence-corrected chi connectivity index (χ0v) is 24.8. The number of ether oxygens (including phenoxy) is 2. The largest absolute Gasteiger partial charge is 0.497 e. The number of fused-ring (bicyclic) bond motifs is 1. The average molecular weight is 609 g/mol. The number of nitrogens with zero attached hydrogens (tertiary/aromatic N) is 5. The fraction of sp³-hybridized carbons (Fsp3) is 0.235. The molecule has 4 aromatic carbocycles. The summed E-state index contributed by atoms with van der Waals surface area (Å²) in [5.41, 5.74) is 3.70. The number of amides is 2. The van der Waals surface area contributed by atoms with E-state index in [1.54, 1.807) is 55.6 Å². The van der Waals surface area contributed by atoms with Crippen LogP contribution in [-0.4, -0.2) is 65.1 Å². The minimum Gasteiger partial charge on any atom is -0.497 e. The molecular formula is C34H33FN6O4. The Hall–Kier alpha value is -5.29. The third kappa shape index (κ3) is 6.78. The Morgan fingerprint density at radius 2 is 1.67 bits per heavy atom. The summed E-state index contributed by atoms with van der Waals surface area (Å²) in [6.45, 7) is 2.55. The number of methoxy groups -OCH3 is 1. The molecule has 2 heterocycles. The second-order valence-corrected chi connectivity index (χ2v) is 10.7. The number of carbonyl (C=O) groups is 2. The van der Waals surface area contributed by atoms with Crippen LogP contribution in [0.25, 0.3) is 11.0 Å². The number of halogens is 1. The van der Waals surface area contributed by atoms with Crippen LogP contribution >= 0.6 is 0 Å². The van der Waals surface area contributed by atoms with Crippen molar-refractivity contribution >= 4 is 34.2 Å². The van der Waals surface area contributed by atoms with Crippen molar-refractivity contribution in [3.8, 4) is 5.75 Å². The lowest BCUT2D eigenvalue weighted by Gasteiger charge is -2.32. The fourth-order valence-electron chi connectivity index (χ4n) is 5.43. The number of benzene rings is 4. The standard InChI is InChI=1S/C34H33FN6O4/c1-44-28-16-10-24(11-17-28)33(34(43)36-26-12-14-27(15-13-26)39-18-20-45-21-19-39)40(22-25-6-2-3-7-29(25)35)32(42)23-41-31-9-5-4-8-30(31)37-38-41/h2-17,33H,18-23H2,1H3,(H,36,43). The van der Waals surface area contributed by atoms with Crippen LogP contribution < -0.4 is 15.0 Å². The van der Waals surface area contributed by atoms with Crippen LogP contribution in [0.2, 0.25) is 0 Å². The highest BCUT2D eigenvalue weighted by atomic mass is 19.1. The molecule has 1 atom stereocenters. The van der Waals surface area contributed by atoms with Gasteiger partial charge in [0.15, 0.2) is 0 Å². The minimum absolute atomic E-state index is 0.155. The van der Waals surface area contributed by atoms with Gasteiger partial charge in [-0.25, -0.2) is 9.07 Å². The third-order valence-electron chi connectivity index (χ3n) is 7.83. The lowest BCUT2D eigenvalue weighted by Crippen LogP contribution is -2.42. The van der Waals surface area contributed by atoms with Crippen LogP contribution in [0, 0.1) is 5.82 Å². The molecule has 0 bridgehead atoms. The van der Waals surface area contributed by atoms with Gasteiger partial charge in [0.2, 0.25) is 5.91 Å². The molecule has 0 aliphatic carbocycles. The van der Waals surface area contributed by atoms with Crippen molar-refractivity contribution < 1.29 is 23.5 Å². The van der Waals surface area contributed by atoms with E-state index in [9.17, 15) is 9.59 Å². The second-order valence-electron chi connectivity index (χ2n) is 10.7. The maximum Gasteiger partial charge on any atom is 0.251 e. The maximum atomic E-state index is 15.0. The van der Waals surface area contributed by atoms with E-state index in [0.717, 1.165) is 18.8 Å². The molecule has 10 nitrogen and oxygen atoms in total. The Kier molecular flexibility index (Phi) is 8.97. The van der Waals surface area contributed by atoms with Gasteiger partial charge in [-0.05, 0) is 60.2 Å². The summed E-state index contributed by atoms with van der Waals surface area (Å²) >= 11 is 0. The van der Waals surface area contributed by atoms with Crippen LogP contribution in [0.15, 0.2) is 97.1 Å².